The summed E-state index contributed by atoms with van der Waals surface area (Å²) >= 11 is 0. The van der Waals surface area contributed by atoms with E-state index in [1.165, 1.54) is 0 Å². The van der Waals surface area contributed by atoms with Gasteiger partial charge in [-0.15, -0.1) is 0 Å². The van der Waals surface area contributed by atoms with Gasteiger partial charge >= 0.3 is 6.18 Å². The zero-order valence-electron chi connectivity index (χ0n) is 6.44. The highest BCUT2D eigenvalue weighted by Gasteiger charge is 2.33. The van der Waals surface area contributed by atoms with Crippen molar-refractivity contribution in [1.29, 1.82) is 0 Å². The fraction of sp³-hybridized carbons (Fsp3) is 0.571. The van der Waals surface area contributed by atoms with Crippen LogP contribution in [-0.4, -0.2) is 12.9 Å². The van der Waals surface area contributed by atoms with Gasteiger partial charge in [-0.05, 0) is 12.6 Å². The first kappa shape index (κ1) is 10.2. The number of halogens is 3. The summed E-state index contributed by atoms with van der Waals surface area (Å²) in [5.74, 6) is -0.169. The molecule has 0 saturated carbocycles. The first-order chi connectivity index (χ1) is 4.88. The highest BCUT2D eigenvalue weighted by Crippen LogP contribution is 2.26. The molecule has 0 rings (SSSR count). The molecule has 0 bridgehead atoms. The minimum atomic E-state index is -4.37. The SMILES string of the molecule is C=N/C(=C\C(C)C)C(F)(F)F. The molecule has 0 radical (unpaired) electrons. The van der Waals surface area contributed by atoms with Gasteiger partial charge in [-0.2, -0.15) is 13.2 Å². The Morgan fingerprint density at radius 2 is 1.91 bits per heavy atom. The third-order valence-corrected chi connectivity index (χ3v) is 0.952. The van der Waals surface area contributed by atoms with Crippen LogP contribution in [0.1, 0.15) is 13.8 Å². The summed E-state index contributed by atoms with van der Waals surface area (Å²) < 4.78 is 35.6. The van der Waals surface area contributed by atoms with Crippen molar-refractivity contribution in [3.63, 3.8) is 0 Å². The highest BCUT2D eigenvalue weighted by atomic mass is 19.4. The van der Waals surface area contributed by atoms with Crippen LogP contribution < -0.4 is 0 Å². The van der Waals surface area contributed by atoms with E-state index in [9.17, 15) is 13.2 Å². The summed E-state index contributed by atoms with van der Waals surface area (Å²) in [5.41, 5.74) is -0.910. The van der Waals surface area contributed by atoms with Gasteiger partial charge in [-0.1, -0.05) is 19.9 Å². The van der Waals surface area contributed by atoms with Gasteiger partial charge in [-0.3, -0.25) is 4.99 Å². The number of hydrogen-bond donors (Lipinski definition) is 0. The molecule has 0 amide bonds. The van der Waals surface area contributed by atoms with Crippen LogP contribution in [-0.2, 0) is 0 Å². The summed E-state index contributed by atoms with van der Waals surface area (Å²) in [7, 11) is 0. The van der Waals surface area contributed by atoms with Crippen molar-refractivity contribution in [2.75, 3.05) is 0 Å². The maximum absolute atomic E-state index is 11.9. The number of allylic oxidation sites excluding steroid dienone is 2. The molecule has 0 aromatic heterocycles. The second-order valence-corrected chi connectivity index (χ2v) is 2.45. The quantitative estimate of drug-likeness (QED) is 0.558. The van der Waals surface area contributed by atoms with Crippen molar-refractivity contribution in [1.82, 2.24) is 0 Å². The maximum Gasteiger partial charge on any atom is 0.432 e. The predicted octanol–water partition coefficient (Wildman–Crippen LogP) is 2.79. The minimum Gasteiger partial charge on any atom is -0.260 e. The molecule has 1 nitrogen and oxygen atoms in total. The second-order valence-electron chi connectivity index (χ2n) is 2.45. The summed E-state index contributed by atoms with van der Waals surface area (Å²) in [4.78, 5) is 2.89. The number of hydrogen-bond acceptors (Lipinski definition) is 1. The van der Waals surface area contributed by atoms with Crippen molar-refractivity contribution in [3.05, 3.63) is 11.8 Å². The van der Waals surface area contributed by atoms with Crippen LogP contribution in [0.2, 0.25) is 0 Å². The van der Waals surface area contributed by atoms with Gasteiger partial charge in [0.2, 0.25) is 0 Å². The molecule has 0 unspecified atom stereocenters. The molecule has 0 aromatic rings. The zero-order chi connectivity index (χ0) is 9.07. The van der Waals surface area contributed by atoms with Crippen LogP contribution in [0.3, 0.4) is 0 Å². The lowest BCUT2D eigenvalue weighted by Crippen LogP contribution is -2.10. The predicted molar refractivity (Wildman–Crippen MR) is 38.5 cm³/mol. The van der Waals surface area contributed by atoms with E-state index >= 15 is 0 Å². The Hall–Kier alpha value is -0.800. The van der Waals surface area contributed by atoms with Gasteiger partial charge in [0.05, 0.1) is 0 Å². The average molecular weight is 165 g/mol. The van der Waals surface area contributed by atoms with E-state index in [-0.39, 0.29) is 5.92 Å². The third kappa shape index (κ3) is 3.80. The standard InChI is InChI=1S/C7H10F3N/c1-5(2)4-6(11-3)7(8,9)10/h4-5H,3H2,1-2H3/b6-4-. The van der Waals surface area contributed by atoms with Gasteiger partial charge in [-0.25, -0.2) is 0 Å². The Morgan fingerprint density at radius 3 is 2.00 bits per heavy atom. The lowest BCUT2D eigenvalue weighted by molar-refractivity contribution is -0.0926. The van der Waals surface area contributed by atoms with E-state index in [4.69, 9.17) is 0 Å². The molecular weight excluding hydrogens is 155 g/mol. The second kappa shape index (κ2) is 3.55. The Kier molecular flexibility index (Phi) is 3.29. The molecule has 0 heterocycles. The van der Waals surface area contributed by atoms with Crippen molar-refractivity contribution >= 4 is 6.72 Å². The van der Waals surface area contributed by atoms with E-state index in [2.05, 4.69) is 11.7 Å². The molecule has 64 valence electrons. The van der Waals surface area contributed by atoms with Crippen LogP contribution in [0.4, 0.5) is 13.2 Å². The minimum absolute atomic E-state index is 0.169. The van der Waals surface area contributed by atoms with Crippen molar-refractivity contribution in [3.8, 4) is 0 Å². The Bertz CT molecular complexity index is 167. The molecule has 0 aliphatic heterocycles. The van der Waals surface area contributed by atoms with Gasteiger partial charge < -0.3 is 0 Å². The van der Waals surface area contributed by atoms with Crippen molar-refractivity contribution in [2.24, 2.45) is 10.9 Å². The van der Waals surface area contributed by atoms with Crippen LogP contribution in [0.5, 0.6) is 0 Å². The largest absolute Gasteiger partial charge is 0.432 e. The monoisotopic (exact) mass is 165 g/mol. The number of alkyl halides is 3. The molecule has 0 aromatic carbocycles. The number of aliphatic imine (C=N–C) groups is 1. The van der Waals surface area contributed by atoms with E-state index < -0.39 is 11.9 Å². The van der Waals surface area contributed by atoms with Gasteiger partial charge in [0.1, 0.15) is 5.70 Å². The summed E-state index contributed by atoms with van der Waals surface area (Å²) in [5, 5.41) is 0. The molecule has 0 saturated heterocycles. The Morgan fingerprint density at radius 1 is 1.45 bits per heavy atom. The van der Waals surface area contributed by atoms with Crippen LogP contribution >= 0.6 is 0 Å². The molecule has 0 fully saturated rings. The molecule has 0 atom stereocenters. The molecule has 0 aliphatic carbocycles. The van der Waals surface area contributed by atoms with Crippen LogP contribution in [0, 0.1) is 5.92 Å². The lowest BCUT2D eigenvalue weighted by atomic mass is 10.2. The Balaban J connectivity index is 4.54. The van der Waals surface area contributed by atoms with Crippen LogP contribution in [0.25, 0.3) is 0 Å². The van der Waals surface area contributed by atoms with Crippen molar-refractivity contribution in [2.45, 2.75) is 20.0 Å². The highest BCUT2D eigenvalue weighted by molar-refractivity contribution is 5.30. The molecule has 11 heavy (non-hydrogen) atoms. The normalized spacial score (nSPS) is 13.8. The summed E-state index contributed by atoms with van der Waals surface area (Å²) in [6.07, 6.45) is -3.33. The van der Waals surface area contributed by atoms with Gasteiger partial charge in [0.15, 0.2) is 0 Å². The summed E-state index contributed by atoms with van der Waals surface area (Å²) in [6, 6.07) is 0. The average Bonchev–Trinajstić information content (AvgIpc) is 1.79. The first-order valence-electron chi connectivity index (χ1n) is 3.13. The Labute approximate surface area is 63.6 Å². The zero-order valence-corrected chi connectivity index (χ0v) is 6.44. The van der Waals surface area contributed by atoms with E-state index in [1.54, 1.807) is 13.8 Å². The third-order valence-electron chi connectivity index (χ3n) is 0.952. The molecule has 0 N–H and O–H groups in total. The first-order valence-corrected chi connectivity index (χ1v) is 3.13. The fourth-order valence-electron chi connectivity index (χ4n) is 0.553. The molecule has 0 spiro atoms. The maximum atomic E-state index is 11.9. The van der Waals surface area contributed by atoms with Crippen molar-refractivity contribution < 1.29 is 13.2 Å². The van der Waals surface area contributed by atoms with Gasteiger partial charge in [0, 0.05) is 0 Å². The smallest absolute Gasteiger partial charge is 0.260 e. The van der Waals surface area contributed by atoms with E-state index in [0.717, 1.165) is 6.08 Å². The lowest BCUT2D eigenvalue weighted by Gasteiger charge is -2.06. The van der Waals surface area contributed by atoms with E-state index in [1.807, 2.05) is 0 Å². The molecular formula is C7H10F3N. The van der Waals surface area contributed by atoms with Gasteiger partial charge in [0.25, 0.3) is 0 Å². The van der Waals surface area contributed by atoms with Crippen LogP contribution in [0.15, 0.2) is 16.8 Å². The molecule has 0 aliphatic rings. The number of nitrogens with zero attached hydrogens (tertiary/aromatic N) is 1. The summed E-state index contributed by atoms with van der Waals surface area (Å²) in [6.45, 7) is 6.14. The molecule has 4 heteroatoms. The topological polar surface area (TPSA) is 12.4 Å². The fourth-order valence-corrected chi connectivity index (χ4v) is 0.553. The van der Waals surface area contributed by atoms with E-state index in [0.29, 0.717) is 0 Å². The number of rotatable bonds is 2.